The van der Waals surface area contributed by atoms with Crippen molar-refractivity contribution in [2.75, 3.05) is 0 Å². The lowest BCUT2D eigenvalue weighted by molar-refractivity contribution is 1.33. The Morgan fingerprint density at radius 2 is 1.00 bits per heavy atom. The predicted octanol–water partition coefficient (Wildman–Crippen LogP) is 8.51. The molecule has 0 amide bonds. The molecule has 0 saturated carbocycles. The Balaban J connectivity index is 1.59. The smallest absolute Gasteiger partial charge is 0.0702 e. The van der Waals surface area contributed by atoms with Gasteiger partial charge in [-0.25, -0.2) is 0 Å². The molecule has 5 rings (SSSR count). The molecule has 0 aliphatic carbocycles. The van der Waals surface area contributed by atoms with Gasteiger partial charge in [0.2, 0.25) is 0 Å². The van der Waals surface area contributed by atoms with Crippen LogP contribution in [0.15, 0.2) is 126 Å². The SMILES string of the molecule is Brc1cccc(-c2cccc(-c3ccccc3-c3cccc(-c4ccccn4)c3)c2)c1. The van der Waals surface area contributed by atoms with E-state index in [4.69, 9.17) is 0 Å². The van der Waals surface area contributed by atoms with Crippen LogP contribution >= 0.6 is 15.9 Å². The molecular weight excluding hydrogens is 442 g/mol. The van der Waals surface area contributed by atoms with Gasteiger partial charge in [-0.2, -0.15) is 0 Å². The minimum Gasteiger partial charge on any atom is -0.256 e. The quantitative estimate of drug-likeness (QED) is 0.261. The summed E-state index contributed by atoms with van der Waals surface area (Å²) in [6, 6.07) is 40.4. The van der Waals surface area contributed by atoms with Crippen LogP contribution in [0.1, 0.15) is 0 Å². The Bertz CT molecular complexity index is 1340. The summed E-state index contributed by atoms with van der Waals surface area (Å²) >= 11 is 3.59. The molecule has 0 N–H and O–H groups in total. The molecule has 0 fully saturated rings. The second kappa shape index (κ2) is 8.71. The zero-order chi connectivity index (χ0) is 21.0. The Hall–Kier alpha value is -3.49. The summed E-state index contributed by atoms with van der Waals surface area (Å²) < 4.78 is 1.09. The summed E-state index contributed by atoms with van der Waals surface area (Å²) in [5.41, 5.74) is 9.34. The van der Waals surface area contributed by atoms with E-state index in [0.29, 0.717) is 0 Å². The highest BCUT2D eigenvalue weighted by atomic mass is 79.9. The molecule has 31 heavy (non-hydrogen) atoms. The van der Waals surface area contributed by atoms with Crippen molar-refractivity contribution in [1.82, 2.24) is 4.98 Å². The average molecular weight is 462 g/mol. The molecule has 0 radical (unpaired) electrons. The van der Waals surface area contributed by atoms with Crippen molar-refractivity contribution in [3.8, 4) is 44.6 Å². The van der Waals surface area contributed by atoms with Gasteiger partial charge in [0, 0.05) is 16.2 Å². The molecule has 1 heterocycles. The molecule has 0 bridgehead atoms. The van der Waals surface area contributed by atoms with Crippen molar-refractivity contribution < 1.29 is 0 Å². The zero-order valence-electron chi connectivity index (χ0n) is 16.9. The number of aromatic nitrogens is 1. The molecule has 0 unspecified atom stereocenters. The number of nitrogens with zero attached hydrogens (tertiary/aromatic N) is 1. The van der Waals surface area contributed by atoms with Crippen LogP contribution in [0.4, 0.5) is 0 Å². The fourth-order valence-electron chi connectivity index (χ4n) is 3.90. The summed E-state index contributed by atoms with van der Waals surface area (Å²) in [7, 11) is 0. The fraction of sp³-hybridized carbons (Fsp3) is 0. The van der Waals surface area contributed by atoms with Gasteiger partial charge in [0.15, 0.2) is 0 Å². The zero-order valence-corrected chi connectivity index (χ0v) is 18.5. The first kappa shape index (κ1) is 19.5. The monoisotopic (exact) mass is 461 g/mol. The van der Waals surface area contributed by atoms with Crippen LogP contribution in [-0.2, 0) is 0 Å². The van der Waals surface area contributed by atoms with Gasteiger partial charge in [-0.15, -0.1) is 0 Å². The number of hydrogen-bond acceptors (Lipinski definition) is 1. The van der Waals surface area contributed by atoms with Gasteiger partial charge < -0.3 is 0 Å². The lowest BCUT2D eigenvalue weighted by Crippen LogP contribution is -1.88. The molecule has 0 aliphatic heterocycles. The Morgan fingerprint density at radius 1 is 0.452 bits per heavy atom. The molecule has 148 valence electrons. The van der Waals surface area contributed by atoms with Crippen LogP contribution in [-0.4, -0.2) is 4.98 Å². The second-order valence-electron chi connectivity index (χ2n) is 7.43. The molecule has 1 nitrogen and oxygen atoms in total. The van der Waals surface area contributed by atoms with E-state index in [9.17, 15) is 0 Å². The van der Waals surface area contributed by atoms with E-state index in [1.54, 1.807) is 0 Å². The van der Waals surface area contributed by atoms with Crippen molar-refractivity contribution >= 4 is 15.9 Å². The summed E-state index contributed by atoms with van der Waals surface area (Å²) in [6.07, 6.45) is 1.84. The van der Waals surface area contributed by atoms with Crippen molar-refractivity contribution in [1.29, 1.82) is 0 Å². The number of halogens is 1. The van der Waals surface area contributed by atoms with Gasteiger partial charge in [-0.1, -0.05) is 94.8 Å². The van der Waals surface area contributed by atoms with Crippen LogP contribution in [0.3, 0.4) is 0 Å². The molecule has 0 saturated heterocycles. The van der Waals surface area contributed by atoms with E-state index >= 15 is 0 Å². The topological polar surface area (TPSA) is 12.9 Å². The highest BCUT2D eigenvalue weighted by Gasteiger charge is 2.10. The van der Waals surface area contributed by atoms with Gasteiger partial charge >= 0.3 is 0 Å². The van der Waals surface area contributed by atoms with E-state index in [-0.39, 0.29) is 0 Å². The molecule has 0 aliphatic rings. The Morgan fingerprint density at radius 3 is 1.65 bits per heavy atom. The molecular formula is C29H20BrN. The third-order valence-corrected chi connectivity index (χ3v) is 5.89. The fourth-order valence-corrected chi connectivity index (χ4v) is 4.30. The summed E-state index contributed by atoms with van der Waals surface area (Å²) in [5, 5.41) is 0. The number of pyridine rings is 1. The summed E-state index contributed by atoms with van der Waals surface area (Å²) in [5.74, 6) is 0. The predicted molar refractivity (Wildman–Crippen MR) is 134 cm³/mol. The van der Waals surface area contributed by atoms with Gasteiger partial charge in [0.25, 0.3) is 0 Å². The maximum absolute atomic E-state index is 4.51. The second-order valence-corrected chi connectivity index (χ2v) is 8.35. The minimum absolute atomic E-state index is 0.985. The van der Waals surface area contributed by atoms with E-state index < -0.39 is 0 Å². The molecule has 5 aromatic rings. The number of benzene rings is 4. The molecule has 0 spiro atoms. The van der Waals surface area contributed by atoms with Crippen LogP contribution < -0.4 is 0 Å². The Labute approximate surface area is 191 Å². The maximum atomic E-state index is 4.51. The van der Waals surface area contributed by atoms with Gasteiger partial charge in [-0.05, 0) is 69.8 Å². The van der Waals surface area contributed by atoms with Gasteiger partial charge in [-0.3, -0.25) is 4.98 Å². The van der Waals surface area contributed by atoms with E-state index in [0.717, 1.165) is 15.7 Å². The highest BCUT2D eigenvalue weighted by Crippen LogP contribution is 2.35. The van der Waals surface area contributed by atoms with Crippen molar-refractivity contribution in [2.24, 2.45) is 0 Å². The standard InChI is InChI=1S/C29H20BrN/c30-26-13-7-9-22(20-26)21-8-5-10-23(18-21)27-14-1-2-15-28(27)24-11-6-12-25(19-24)29-16-3-4-17-31-29/h1-20H. The third-order valence-electron chi connectivity index (χ3n) is 5.39. The average Bonchev–Trinajstić information content (AvgIpc) is 2.85. The first-order valence-corrected chi connectivity index (χ1v) is 11.0. The third kappa shape index (κ3) is 4.21. The minimum atomic E-state index is 0.985. The molecule has 1 aromatic heterocycles. The molecule has 0 atom stereocenters. The summed E-state index contributed by atoms with van der Waals surface area (Å²) in [6.45, 7) is 0. The van der Waals surface area contributed by atoms with E-state index in [2.05, 4.69) is 118 Å². The van der Waals surface area contributed by atoms with Crippen LogP contribution in [0.2, 0.25) is 0 Å². The lowest BCUT2D eigenvalue weighted by atomic mass is 9.92. The first-order valence-electron chi connectivity index (χ1n) is 10.3. The van der Waals surface area contributed by atoms with Crippen molar-refractivity contribution in [3.05, 3.63) is 126 Å². The van der Waals surface area contributed by atoms with E-state index in [1.807, 2.05) is 24.4 Å². The maximum Gasteiger partial charge on any atom is 0.0702 e. The van der Waals surface area contributed by atoms with Gasteiger partial charge in [0.05, 0.1) is 5.69 Å². The number of rotatable bonds is 4. The van der Waals surface area contributed by atoms with Crippen LogP contribution in [0.25, 0.3) is 44.6 Å². The Kier molecular flexibility index (Phi) is 5.47. The molecule has 4 aromatic carbocycles. The van der Waals surface area contributed by atoms with Crippen LogP contribution in [0.5, 0.6) is 0 Å². The van der Waals surface area contributed by atoms with Crippen molar-refractivity contribution in [2.45, 2.75) is 0 Å². The van der Waals surface area contributed by atoms with Gasteiger partial charge in [0.1, 0.15) is 0 Å². The normalized spacial score (nSPS) is 10.7. The number of hydrogen-bond donors (Lipinski definition) is 0. The van der Waals surface area contributed by atoms with Crippen molar-refractivity contribution in [3.63, 3.8) is 0 Å². The first-order chi connectivity index (χ1) is 15.3. The summed E-state index contributed by atoms with van der Waals surface area (Å²) in [4.78, 5) is 4.51. The lowest BCUT2D eigenvalue weighted by Gasteiger charge is -2.13. The molecule has 2 heteroatoms. The van der Waals surface area contributed by atoms with Crippen LogP contribution in [0, 0.1) is 0 Å². The highest BCUT2D eigenvalue weighted by molar-refractivity contribution is 9.10. The largest absolute Gasteiger partial charge is 0.256 e. The van der Waals surface area contributed by atoms with E-state index in [1.165, 1.54) is 33.4 Å².